The van der Waals surface area contributed by atoms with Crippen LogP contribution in [0.4, 0.5) is 4.39 Å². The second kappa shape index (κ2) is 8.07. The molecule has 0 spiro atoms. The maximum Gasteiger partial charge on any atom is 0.223 e. The monoisotopic (exact) mass is 358 g/mol. The number of hydrogen-bond donors (Lipinski definition) is 0. The summed E-state index contributed by atoms with van der Waals surface area (Å²) in [5.41, 5.74) is 0.763. The SMILES string of the molecule is CCN(Cc1cccs1)C(=O)CCc1ncc(-c2ccc(F)cc2)o1. The van der Waals surface area contributed by atoms with E-state index in [1.54, 1.807) is 29.7 Å². The lowest BCUT2D eigenvalue weighted by Crippen LogP contribution is -2.30. The first kappa shape index (κ1) is 17.4. The summed E-state index contributed by atoms with van der Waals surface area (Å²) in [6.07, 6.45) is 2.40. The summed E-state index contributed by atoms with van der Waals surface area (Å²) in [6.45, 7) is 3.28. The predicted octanol–water partition coefficient (Wildman–Crippen LogP) is 4.52. The van der Waals surface area contributed by atoms with Crippen LogP contribution in [-0.2, 0) is 17.8 Å². The number of halogens is 1. The summed E-state index contributed by atoms with van der Waals surface area (Å²) in [4.78, 5) is 19.6. The minimum Gasteiger partial charge on any atom is -0.441 e. The third-order valence-electron chi connectivity index (χ3n) is 3.90. The topological polar surface area (TPSA) is 46.3 Å². The fourth-order valence-electron chi connectivity index (χ4n) is 2.51. The van der Waals surface area contributed by atoms with E-state index in [-0.39, 0.29) is 11.7 Å². The molecule has 6 heteroatoms. The number of oxazole rings is 1. The van der Waals surface area contributed by atoms with Gasteiger partial charge in [-0.25, -0.2) is 9.37 Å². The first-order valence-electron chi connectivity index (χ1n) is 8.16. The van der Waals surface area contributed by atoms with Gasteiger partial charge in [-0.1, -0.05) is 6.07 Å². The highest BCUT2D eigenvalue weighted by Gasteiger charge is 2.15. The lowest BCUT2D eigenvalue weighted by atomic mass is 10.2. The van der Waals surface area contributed by atoms with Crippen LogP contribution >= 0.6 is 11.3 Å². The Hall–Kier alpha value is -2.47. The largest absolute Gasteiger partial charge is 0.441 e. The van der Waals surface area contributed by atoms with Gasteiger partial charge < -0.3 is 9.32 Å². The smallest absolute Gasteiger partial charge is 0.223 e. The van der Waals surface area contributed by atoms with Crippen molar-refractivity contribution >= 4 is 17.2 Å². The van der Waals surface area contributed by atoms with Crippen LogP contribution in [0.2, 0.25) is 0 Å². The van der Waals surface area contributed by atoms with E-state index in [1.807, 2.05) is 29.3 Å². The summed E-state index contributed by atoms with van der Waals surface area (Å²) in [7, 11) is 0. The third kappa shape index (κ3) is 4.54. The fraction of sp³-hybridized carbons (Fsp3) is 0.263. The summed E-state index contributed by atoms with van der Waals surface area (Å²) in [6, 6.07) is 10.1. The number of thiophene rings is 1. The van der Waals surface area contributed by atoms with E-state index in [2.05, 4.69) is 4.98 Å². The second-order valence-corrected chi connectivity index (χ2v) is 6.64. The summed E-state index contributed by atoms with van der Waals surface area (Å²) >= 11 is 1.65. The highest BCUT2D eigenvalue weighted by molar-refractivity contribution is 7.09. The zero-order valence-electron chi connectivity index (χ0n) is 13.9. The zero-order chi connectivity index (χ0) is 17.6. The molecule has 0 N–H and O–H groups in total. The van der Waals surface area contributed by atoms with E-state index < -0.39 is 0 Å². The van der Waals surface area contributed by atoms with E-state index >= 15 is 0 Å². The standard InChI is InChI=1S/C19H19FN2O2S/c1-2-22(13-16-4-3-11-25-16)19(23)10-9-18-21-12-17(24-18)14-5-7-15(20)8-6-14/h3-8,11-12H,2,9-10,13H2,1H3. The first-order chi connectivity index (χ1) is 12.2. The van der Waals surface area contributed by atoms with Gasteiger partial charge in [-0.15, -0.1) is 11.3 Å². The lowest BCUT2D eigenvalue weighted by Gasteiger charge is -2.19. The summed E-state index contributed by atoms with van der Waals surface area (Å²) < 4.78 is 18.7. The van der Waals surface area contributed by atoms with Crippen LogP contribution in [0.5, 0.6) is 0 Å². The number of benzene rings is 1. The molecule has 0 unspecified atom stereocenters. The molecule has 0 aliphatic heterocycles. The van der Waals surface area contributed by atoms with Crippen LogP contribution in [0, 0.1) is 5.82 Å². The van der Waals surface area contributed by atoms with Crippen LogP contribution in [0.1, 0.15) is 24.1 Å². The van der Waals surface area contributed by atoms with Gasteiger partial charge in [-0.05, 0) is 42.6 Å². The number of carbonyl (C=O) groups excluding carboxylic acids is 1. The molecule has 0 fully saturated rings. The molecule has 2 heterocycles. The number of amides is 1. The number of hydrogen-bond acceptors (Lipinski definition) is 4. The van der Waals surface area contributed by atoms with Crippen molar-refractivity contribution in [1.82, 2.24) is 9.88 Å². The molecule has 0 saturated heterocycles. The average Bonchev–Trinajstić information content (AvgIpc) is 3.30. The van der Waals surface area contributed by atoms with Crippen LogP contribution in [-0.4, -0.2) is 22.3 Å². The molecule has 0 aliphatic carbocycles. The fourth-order valence-corrected chi connectivity index (χ4v) is 3.23. The maximum absolute atomic E-state index is 13.0. The van der Waals surface area contributed by atoms with Gasteiger partial charge in [0.2, 0.25) is 5.91 Å². The molecule has 3 aromatic rings. The molecule has 0 bridgehead atoms. The molecule has 0 saturated carbocycles. The zero-order valence-corrected chi connectivity index (χ0v) is 14.8. The van der Waals surface area contributed by atoms with Crippen molar-refractivity contribution < 1.29 is 13.6 Å². The van der Waals surface area contributed by atoms with Crippen molar-refractivity contribution in [3.05, 3.63) is 64.6 Å². The van der Waals surface area contributed by atoms with Gasteiger partial charge in [-0.3, -0.25) is 4.79 Å². The molecule has 2 aromatic heterocycles. The van der Waals surface area contributed by atoms with Crippen molar-refractivity contribution in [2.75, 3.05) is 6.54 Å². The highest BCUT2D eigenvalue weighted by Crippen LogP contribution is 2.21. The summed E-state index contributed by atoms with van der Waals surface area (Å²) in [5.74, 6) is 0.880. The Morgan fingerprint density at radius 2 is 2.08 bits per heavy atom. The van der Waals surface area contributed by atoms with Crippen molar-refractivity contribution in [2.24, 2.45) is 0 Å². The van der Waals surface area contributed by atoms with Gasteiger partial charge in [0.25, 0.3) is 0 Å². The average molecular weight is 358 g/mol. The van der Waals surface area contributed by atoms with Gasteiger partial charge in [0.05, 0.1) is 12.7 Å². The van der Waals surface area contributed by atoms with E-state index in [4.69, 9.17) is 4.42 Å². The van der Waals surface area contributed by atoms with Crippen molar-refractivity contribution in [2.45, 2.75) is 26.3 Å². The summed E-state index contributed by atoms with van der Waals surface area (Å²) in [5, 5.41) is 2.01. The number of nitrogens with zero attached hydrogens (tertiary/aromatic N) is 2. The molecule has 25 heavy (non-hydrogen) atoms. The predicted molar refractivity (Wildman–Crippen MR) is 95.6 cm³/mol. The molecule has 1 amide bonds. The van der Waals surface area contributed by atoms with Crippen LogP contribution in [0.3, 0.4) is 0 Å². The Kier molecular flexibility index (Phi) is 5.60. The molecule has 1 aromatic carbocycles. The Morgan fingerprint density at radius 3 is 2.76 bits per heavy atom. The number of carbonyl (C=O) groups is 1. The number of rotatable bonds is 7. The van der Waals surface area contributed by atoms with Gasteiger partial charge in [0, 0.05) is 29.8 Å². The molecule has 0 radical (unpaired) electrons. The van der Waals surface area contributed by atoms with Crippen molar-refractivity contribution in [1.29, 1.82) is 0 Å². The molecular weight excluding hydrogens is 339 g/mol. The van der Waals surface area contributed by atoms with Gasteiger partial charge >= 0.3 is 0 Å². The Morgan fingerprint density at radius 1 is 1.28 bits per heavy atom. The minimum atomic E-state index is -0.292. The lowest BCUT2D eigenvalue weighted by molar-refractivity contribution is -0.131. The van der Waals surface area contributed by atoms with Gasteiger partial charge in [-0.2, -0.15) is 0 Å². The molecule has 0 atom stereocenters. The van der Waals surface area contributed by atoms with E-state index in [0.717, 1.165) is 5.56 Å². The van der Waals surface area contributed by atoms with Crippen molar-refractivity contribution in [3.63, 3.8) is 0 Å². The molecular formula is C19H19FN2O2S. The second-order valence-electron chi connectivity index (χ2n) is 5.61. The van der Waals surface area contributed by atoms with Crippen molar-refractivity contribution in [3.8, 4) is 11.3 Å². The normalized spacial score (nSPS) is 10.8. The third-order valence-corrected chi connectivity index (χ3v) is 4.76. The maximum atomic E-state index is 13.0. The van der Waals surface area contributed by atoms with E-state index in [0.29, 0.717) is 37.6 Å². The molecule has 130 valence electrons. The van der Waals surface area contributed by atoms with Gasteiger partial charge in [0.1, 0.15) is 5.82 Å². The minimum absolute atomic E-state index is 0.0810. The Bertz CT molecular complexity index is 812. The van der Waals surface area contributed by atoms with Crippen LogP contribution in [0.15, 0.2) is 52.4 Å². The Labute approximate surface area is 149 Å². The quantitative estimate of drug-likeness (QED) is 0.624. The van der Waals surface area contributed by atoms with Gasteiger partial charge in [0.15, 0.2) is 11.7 Å². The Balaban J connectivity index is 1.57. The first-order valence-corrected chi connectivity index (χ1v) is 9.04. The molecule has 4 nitrogen and oxygen atoms in total. The molecule has 0 aliphatic rings. The number of aryl methyl sites for hydroxylation is 1. The molecule has 3 rings (SSSR count). The van der Waals surface area contributed by atoms with E-state index in [9.17, 15) is 9.18 Å². The highest BCUT2D eigenvalue weighted by atomic mass is 32.1. The van der Waals surface area contributed by atoms with Crippen LogP contribution < -0.4 is 0 Å². The number of aromatic nitrogens is 1. The van der Waals surface area contributed by atoms with E-state index in [1.165, 1.54) is 17.0 Å². The van der Waals surface area contributed by atoms with Crippen LogP contribution in [0.25, 0.3) is 11.3 Å².